The summed E-state index contributed by atoms with van der Waals surface area (Å²) in [4.78, 5) is 3.34. The second-order valence-electron chi connectivity index (χ2n) is 3.66. The van der Waals surface area contributed by atoms with Crippen LogP contribution in [0.2, 0.25) is 0 Å². The highest BCUT2D eigenvalue weighted by molar-refractivity contribution is 5.68. The zero-order valence-corrected chi connectivity index (χ0v) is 8.94. The molecule has 2 aromatic carbocycles. The maximum Gasteiger partial charge on any atom is 0.187 e. The Kier molecular flexibility index (Phi) is 2.61. The van der Waals surface area contributed by atoms with Crippen LogP contribution in [0.4, 0.5) is 5.69 Å². The van der Waals surface area contributed by atoms with Crippen LogP contribution < -0.4 is 0 Å². The Labute approximate surface area is 94.6 Å². The van der Waals surface area contributed by atoms with E-state index in [0.717, 1.165) is 16.7 Å². The van der Waals surface area contributed by atoms with Crippen molar-refractivity contribution in [2.24, 2.45) is 0 Å². The minimum Gasteiger partial charge on any atom is -0.508 e. The van der Waals surface area contributed by atoms with Gasteiger partial charge in [0.05, 0.1) is 6.57 Å². The van der Waals surface area contributed by atoms with Crippen molar-refractivity contribution in [2.45, 2.75) is 6.92 Å². The van der Waals surface area contributed by atoms with E-state index in [2.05, 4.69) is 4.85 Å². The third-order valence-electron chi connectivity index (χ3n) is 2.54. The largest absolute Gasteiger partial charge is 0.508 e. The summed E-state index contributed by atoms with van der Waals surface area (Å²) in [6.45, 7) is 8.73. The van der Waals surface area contributed by atoms with Gasteiger partial charge in [0.15, 0.2) is 5.69 Å². The number of hydrogen-bond acceptors (Lipinski definition) is 1. The molecule has 0 aromatic heterocycles. The minimum absolute atomic E-state index is 0.298. The molecule has 2 heteroatoms. The van der Waals surface area contributed by atoms with Crippen molar-refractivity contribution in [3.8, 4) is 16.9 Å². The SMILES string of the molecule is [C-]#[N+]c1ccc(-c2ccc(C)c(O)c2)cc1. The molecule has 2 nitrogen and oxygen atoms in total. The monoisotopic (exact) mass is 209 g/mol. The molecule has 16 heavy (non-hydrogen) atoms. The average molecular weight is 209 g/mol. The summed E-state index contributed by atoms with van der Waals surface area (Å²) in [5.74, 6) is 0.298. The molecule has 0 fully saturated rings. The third kappa shape index (κ3) is 1.89. The van der Waals surface area contributed by atoms with Gasteiger partial charge in [-0.2, -0.15) is 0 Å². The standard InChI is InChI=1S/C14H11NO/c1-10-3-4-12(9-14(10)16)11-5-7-13(15-2)8-6-11/h3-9,16H,1H3. The Morgan fingerprint density at radius 1 is 1.00 bits per heavy atom. The number of benzene rings is 2. The second-order valence-corrected chi connectivity index (χ2v) is 3.66. The molecule has 78 valence electrons. The molecule has 0 saturated carbocycles. The summed E-state index contributed by atoms with van der Waals surface area (Å²) in [6.07, 6.45) is 0. The Bertz CT molecular complexity index is 550. The van der Waals surface area contributed by atoms with Crippen LogP contribution in [0.25, 0.3) is 16.0 Å². The predicted octanol–water partition coefficient (Wildman–Crippen LogP) is 3.92. The van der Waals surface area contributed by atoms with Crippen molar-refractivity contribution < 1.29 is 5.11 Å². The van der Waals surface area contributed by atoms with Gasteiger partial charge in [0, 0.05) is 0 Å². The molecule has 0 aliphatic heterocycles. The fourth-order valence-electron chi connectivity index (χ4n) is 1.52. The summed E-state index contributed by atoms with van der Waals surface area (Å²) >= 11 is 0. The van der Waals surface area contributed by atoms with E-state index in [4.69, 9.17) is 6.57 Å². The predicted molar refractivity (Wildman–Crippen MR) is 64.5 cm³/mol. The average Bonchev–Trinajstić information content (AvgIpc) is 2.33. The lowest BCUT2D eigenvalue weighted by Crippen LogP contribution is -1.79. The number of phenolic OH excluding ortho intramolecular Hbond substituents is 1. The first-order valence-electron chi connectivity index (χ1n) is 4.98. The fraction of sp³-hybridized carbons (Fsp3) is 0.0714. The number of rotatable bonds is 1. The molecule has 0 amide bonds. The molecule has 0 radical (unpaired) electrons. The van der Waals surface area contributed by atoms with Crippen molar-refractivity contribution in [1.29, 1.82) is 0 Å². The van der Waals surface area contributed by atoms with Gasteiger partial charge in [-0.3, -0.25) is 0 Å². The quantitative estimate of drug-likeness (QED) is 0.707. The summed E-state index contributed by atoms with van der Waals surface area (Å²) < 4.78 is 0. The van der Waals surface area contributed by atoms with Gasteiger partial charge in [0.25, 0.3) is 0 Å². The van der Waals surface area contributed by atoms with E-state index in [-0.39, 0.29) is 0 Å². The van der Waals surface area contributed by atoms with Gasteiger partial charge in [-0.1, -0.05) is 36.4 Å². The highest BCUT2D eigenvalue weighted by Gasteiger charge is 2.01. The smallest absolute Gasteiger partial charge is 0.187 e. The normalized spacial score (nSPS) is 9.75. The summed E-state index contributed by atoms with van der Waals surface area (Å²) in [5.41, 5.74) is 3.45. The Hall–Kier alpha value is -2.27. The molecule has 0 aliphatic rings. The van der Waals surface area contributed by atoms with Gasteiger partial charge in [-0.05, 0) is 29.7 Å². The van der Waals surface area contributed by atoms with Crippen LogP contribution in [-0.2, 0) is 0 Å². The maximum absolute atomic E-state index is 9.61. The highest BCUT2D eigenvalue weighted by atomic mass is 16.3. The van der Waals surface area contributed by atoms with Crippen molar-refractivity contribution >= 4 is 5.69 Å². The van der Waals surface area contributed by atoms with E-state index in [1.54, 1.807) is 18.2 Å². The van der Waals surface area contributed by atoms with Gasteiger partial charge in [-0.15, -0.1) is 0 Å². The molecular formula is C14H11NO. The third-order valence-corrected chi connectivity index (χ3v) is 2.54. The lowest BCUT2D eigenvalue weighted by Gasteiger charge is -2.04. The van der Waals surface area contributed by atoms with Crippen LogP contribution in [-0.4, -0.2) is 5.11 Å². The van der Waals surface area contributed by atoms with Crippen LogP contribution in [0.5, 0.6) is 5.75 Å². The summed E-state index contributed by atoms with van der Waals surface area (Å²) in [6, 6.07) is 12.9. The molecular weight excluding hydrogens is 198 g/mol. The minimum atomic E-state index is 0.298. The maximum atomic E-state index is 9.61. The van der Waals surface area contributed by atoms with Crippen LogP contribution in [0.3, 0.4) is 0 Å². The Morgan fingerprint density at radius 3 is 2.19 bits per heavy atom. The first kappa shape index (κ1) is 10.3. The van der Waals surface area contributed by atoms with E-state index < -0.39 is 0 Å². The van der Waals surface area contributed by atoms with Crippen LogP contribution in [0.1, 0.15) is 5.56 Å². The molecule has 0 bridgehead atoms. The second kappa shape index (κ2) is 4.08. The molecule has 0 aliphatic carbocycles. The molecule has 2 aromatic rings. The highest BCUT2D eigenvalue weighted by Crippen LogP contribution is 2.27. The molecule has 0 atom stereocenters. The first-order valence-corrected chi connectivity index (χ1v) is 4.98. The molecule has 0 spiro atoms. The van der Waals surface area contributed by atoms with Gasteiger partial charge < -0.3 is 5.11 Å². The van der Waals surface area contributed by atoms with E-state index in [1.165, 1.54) is 0 Å². The molecule has 2 rings (SSSR count). The van der Waals surface area contributed by atoms with Crippen molar-refractivity contribution in [3.63, 3.8) is 0 Å². The summed E-state index contributed by atoms with van der Waals surface area (Å²) in [5, 5.41) is 9.61. The molecule has 0 unspecified atom stereocenters. The Balaban J connectivity index is 2.43. The number of phenols is 1. The van der Waals surface area contributed by atoms with Gasteiger partial charge in [0.1, 0.15) is 5.75 Å². The van der Waals surface area contributed by atoms with E-state index in [9.17, 15) is 5.11 Å². The summed E-state index contributed by atoms with van der Waals surface area (Å²) in [7, 11) is 0. The number of aromatic hydroxyl groups is 1. The first-order chi connectivity index (χ1) is 7.70. The van der Waals surface area contributed by atoms with Crippen molar-refractivity contribution in [2.75, 3.05) is 0 Å². The van der Waals surface area contributed by atoms with Crippen molar-refractivity contribution in [1.82, 2.24) is 0 Å². The van der Waals surface area contributed by atoms with Crippen LogP contribution >= 0.6 is 0 Å². The lowest BCUT2D eigenvalue weighted by atomic mass is 10.0. The number of aryl methyl sites for hydroxylation is 1. The molecule has 0 heterocycles. The van der Waals surface area contributed by atoms with E-state index in [1.807, 2.05) is 31.2 Å². The van der Waals surface area contributed by atoms with Crippen LogP contribution in [0.15, 0.2) is 42.5 Å². The molecule has 1 N–H and O–H groups in total. The van der Waals surface area contributed by atoms with Gasteiger partial charge >= 0.3 is 0 Å². The molecule has 0 saturated heterocycles. The van der Waals surface area contributed by atoms with Crippen LogP contribution in [0, 0.1) is 13.5 Å². The van der Waals surface area contributed by atoms with Gasteiger partial charge in [-0.25, -0.2) is 4.85 Å². The van der Waals surface area contributed by atoms with Gasteiger partial charge in [0.2, 0.25) is 0 Å². The number of nitrogens with zero attached hydrogens (tertiary/aromatic N) is 1. The topological polar surface area (TPSA) is 24.6 Å². The number of hydrogen-bond donors (Lipinski definition) is 1. The Morgan fingerprint density at radius 2 is 1.62 bits per heavy atom. The van der Waals surface area contributed by atoms with Crippen molar-refractivity contribution in [3.05, 3.63) is 59.4 Å². The van der Waals surface area contributed by atoms with E-state index in [0.29, 0.717) is 11.4 Å². The lowest BCUT2D eigenvalue weighted by molar-refractivity contribution is 0.471. The van der Waals surface area contributed by atoms with E-state index >= 15 is 0 Å². The zero-order valence-electron chi connectivity index (χ0n) is 8.94. The zero-order chi connectivity index (χ0) is 11.5. The fourth-order valence-corrected chi connectivity index (χ4v) is 1.52.